The Kier molecular flexibility index (Phi) is 3.87. The number of nitrogens with one attached hydrogen (secondary N) is 1. The van der Waals surface area contributed by atoms with Gasteiger partial charge in [-0.25, -0.2) is 0 Å². The largest absolute Gasteiger partial charge is 0.481 e. The monoisotopic (exact) mass is 267 g/mol. The third-order valence-corrected chi connectivity index (χ3v) is 3.28. The van der Waals surface area contributed by atoms with Crippen molar-refractivity contribution in [1.29, 1.82) is 0 Å². The number of amides is 1. The molecule has 0 bridgehead atoms. The van der Waals surface area contributed by atoms with Gasteiger partial charge in [-0.05, 0) is 30.5 Å². The molecule has 1 saturated carbocycles. The van der Waals surface area contributed by atoms with E-state index >= 15 is 0 Å². The fourth-order valence-corrected chi connectivity index (χ4v) is 2.12. The van der Waals surface area contributed by atoms with Crippen molar-refractivity contribution >= 4 is 23.5 Å². The van der Waals surface area contributed by atoms with Gasteiger partial charge in [-0.2, -0.15) is 0 Å². The van der Waals surface area contributed by atoms with Crippen LogP contribution in [0.25, 0.3) is 0 Å². The molecule has 0 unspecified atom stereocenters. The highest BCUT2D eigenvalue weighted by molar-refractivity contribution is 6.30. The SMILES string of the molecule is O=C(O)[C@H]1C[C@H]1C(=O)NCCc1cccc(Cl)c1. The van der Waals surface area contributed by atoms with E-state index in [4.69, 9.17) is 16.7 Å². The van der Waals surface area contributed by atoms with E-state index in [1.54, 1.807) is 6.07 Å². The number of hydrogen-bond acceptors (Lipinski definition) is 2. The lowest BCUT2D eigenvalue weighted by atomic mass is 10.1. The number of carbonyl (C=O) groups is 2. The Morgan fingerprint density at radius 2 is 2.17 bits per heavy atom. The highest BCUT2D eigenvalue weighted by Crippen LogP contribution is 2.38. The smallest absolute Gasteiger partial charge is 0.307 e. The van der Waals surface area contributed by atoms with Gasteiger partial charge in [-0.3, -0.25) is 9.59 Å². The van der Waals surface area contributed by atoms with Crippen molar-refractivity contribution in [2.45, 2.75) is 12.8 Å². The summed E-state index contributed by atoms with van der Waals surface area (Å²) in [5.41, 5.74) is 1.05. The zero-order valence-electron chi connectivity index (χ0n) is 9.73. The average Bonchev–Trinajstić information content (AvgIpc) is 3.09. The van der Waals surface area contributed by atoms with Gasteiger partial charge in [0, 0.05) is 11.6 Å². The molecule has 2 rings (SSSR count). The topological polar surface area (TPSA) is 66.4 Å². The lowest BCUT2D eigenvalue weighted by Gasteiger charge is -2.05. The van der Waals surface area contributed by atoms with Crippen LogP contribution >= 0.6 is 11.6 Å². The first-order valence-corrected chi connectivity index (χ1v) is 6.20. The van der Waals surface area contributed by atoms with E-state index in [2.05, 4.69) is 5.32 Å². The predicted molar refractivity (Wildman–Crippen MR) is 67.4 cm³/mol. The lowest BCUT2D eigenvalue weighted by molar-refractivity contribution is -0.140. The Morgan fingerprint density at radius 3 is 2.78 bits per heavy atom. The van der Waals surface area contributed by atoms with E-state index in [-0.39, 0.29) is 11.8 Å². The second kappa shape index (κ2) is 5.40. The van der Waals surface area contributed by atoms with E-state index in [0.29, 0.717) is 24.4 Å². The molecule has 0 aromatic heterocycles. The zero-order chi connectivity index (χ0) is 13.1. The third kappa shape index (κ3) is 3.23. The van der Waals surface area contributed by atoms with Crippen molar-refractivity contribution in [2.75, 3.05) is 6.54 Å². The number of carboxylic acid groups (broad SMARTS) is 1. The molecule has 1 aromatic rings. The van der Waals surface area contributed by atoms with E-state index in [0.717, 1.165) is 5.56 Å². The Bertz CT molecular complexity index is 475. The molecular formula is C13H14ClNO3. The summed E-state index contributed by atoms with van der Waals surface area (Å²) in [5.74, 6) is -1.88. The van der Waals surface area contributed by atoms with Gasteiger partial charge in [0.05, 0.1) is 11.8 Å². The molecule has 4 nitrogen and oxygen atoms in total. The molecule has 0 spiro atoms. The quantitative estimate of drug-likeness (QED) is 0.854. The van der Waals surface area contributed by atoms with E-state index in [1.807, 2.05) is 18.2 Å². The van der Waals surface area contributed by atoms with Gasteiger partial charge >= 0.3 is 5.97 Å². The number of benzene rings is 1. The van der Waals surface area contributed by atoms with Crippen LogP contribution in [-0.4, -0.2) is 23.5 Å². The maximum Gasteiger partial charge on any atom is 0.307 e. The van der Waals surface area contributed by atoms with Gasteiger partial charge in [-0.15, -0.1) is 0 Å². The molecule has 1 amide bonds. The van der Waals surface area contributed by atoms with E-state index in [1.165, 1.54) is 0 Å². The molecule has 5 heteroatoms. The lowest BCUT2D eigenvalue weighted by Crippen LogP contribution is -2.28. The molecule has 1 aromatic carbocycles. The molecule has 2 N–H and O–H groups in total. The van der Waals surface area contributed by atoms with Crippen LogP contribution in [0.2, 0.25) is 5.02 Å². The Balaban J connectivity index is 1.73. The first-order chi connectivity index (χ1) is 8.58. The molecule has 2 atom stereocenters. The average molecular weight is 268 g/mol. The Labute approximate surface area is 110 Å². The fourth-order valence-electron chi connectivity index (χ4n) is 1.91. The normalized spacial score (nSPS) is 21.4. The van der Waals surface area contributed by atoms with Crippen LogP contribution in [0.15, 0.2) is 24.3 Å². The van der Waals surface area contributed by atoms with Gasteiger partial charge in [0.25, 0.3) is 0 Å². The fraction of sp³-hybridized carbons (Fsp3) is 0.385. The molecule has 1 aliphatic carbocycles. The summed E-state index contributed by atoms with van der Waals surface area (Å²) in [6, 6.07) is 7.45. The minimum atomic E-state index is -0.884. The molecule has 1 fully saturated rings. The van der Waals surface area contributed by atoms with E-state index < -0.39 is 11.9 Å². The molecule has 0 saturated heterocycles. The van der Waals surface area contributed by atoms with Crippen LogP contribution < -0.4 is 5.32 Å². The molecule has 1 aliphatic rings. The minimum Gasteiger partial charge on any atom is -0.481 e. The number of rotatable bonds is 5. The van der Waals surface area contributed by atoms with Crippen LogP contribution in [0.3, 0.4) is 0 Å². The molecular weight excluding hydrogens is 254 g/mol. The zero-order valence-corrected chi connectivity index (χ0v) is 10.5. The van der Waals surface area contributed by atoms with Crippen molar-refractivity contribution < 1.29 is 14.7 Å². The number of carbonyl (C=O) groups excluding carboxylic acids is 1. The minimum absolute atomic E-state index is 0.163. The third-order valence-electron chi connectivity index (χ3n) is 3.05. The van der Waals surface area contributed by atoms with Gasteiger partial charge < -0.3 is 10.4 Å². The molecule has 0 aliphatic heterocycles. The summed E-state index contributed by atoms with van der Waals surface area (Å²) in [6.45, 7) is 0.502. The highest BCUT2D eigenvalue weighted by Gasteiger charge is 2.48. The number of carboxylic acids is 1. The maximum absolute atomic E-state index is 11.6. The number of hydrogen-bond donors (Lipinski definition) is 2. The highest BCUT2D eigenvalue weighted by atomic mass is 35.5. The van der Waals surface area contributed by atoms with E-state index in [9.17, 15) is 9.59 Å². The van der Waals surface area contributed by atoms with Gasteiger partial charge in [0.1, 0.15) is 0 Å². The van der Waals surface area contributed by atoms with Gasteiger partial charge in [-0.1, -0.05) is 23.7 Å². The Hall–Kier alpha value is -1.55. The van der Waals surface area contributed by atoms with Crippen LogP contribution in [0.5, 0.6) is 0 Å². The first-order valence-electron chi connectivity index (χ1n) is 5.83. The van der Waals surface area contributed by atoms with Crippen LogP contribution in [0.1, 0.15) is 12.0 Å². The van der Waals surface area contributed by atoms with Crippen LogP contribution in [0, 0.1) is 11.8 Å². The maximum atomic E-state index is 11.6. The van der Waals surface area contributed by atoms with Crippen molar-refractivity contribution in [3.05, 3.63) is 34.9 Å². The van der Waals surface area contributed by atoms with Crippen LogP contribution in [-0.2, 0) is 16.0 Å². The molecule has 96 valence electrons. The number of aliphatic carboxylic acids is 1. The second-order valence-corrected chi connectivity index (χ2v) is 4.89. The second-order valence-electron chi connectivity index (χ2n) is 4.46. The summed E-state index contributed by atoms with van der Waals surface area (Å²) < 4.78 is 0. The predicted octanol–water partition coefficient (Wildman–Crippen LogP) is 1.72. The first kappa shape index (κ1) is 12.9. The van der Waals surface area contributed by atoms with Crippen molar-refractivity contribution in [3.63, 3.8) is 0 Å². The summed E-state index contributed by atoms with van der Waals surface area (Å²) >= 11 is 5.85. The van der Waals surface area contributed by atoms with Crippen LogP contribution in [0.4, 0.5) is 0 Å². The summed E-state index contributed by atoms with van der Waals surface area (Å²) in [4.78, 5) is 22.2. The van der Waals surface area contributed by atoms with Gasteiger partial charge in [0.15, 0.2) is 0 Å². The number of halogens is 1. The Morgan fingerprint density at radius 1 is 1.39 bits per heavy atom. The van der Waals surface area contributed by atoms with Crippen molar-refractivity contribution in [3.8, 4) is 0 Å². The molecule has 0 heterocycles. The standard InChI is InChI=1S/C13H14ClNO3/c14-9-3-1-2-8(6-9)4-5-15-12(16)10-7-11(10)13(17)18/h1-3,6,10-11H,4-5,7H2,(H,15,16)(H,17,18)/t10-,11+/m1/s1. The van der Waals surface area contributed by atoms with Gasteiger partial charge in [0.2, 0.25) is 5.91 Å². The molecule has 0 radical (unpaired) electrons. The molecule has 18 heavy (non-hydrogen) atoms. The summed E-state index contributed by atoms with van der Waals surface area (Å²) in [5, 5.41) is 12.1. The van der Waals surface area contributed by atoms with Crippen molar-refractivity contribution in [2.24, 2.45) is 11.8 Å². The summed E-state index contributed by atoms with van der Waals surface area (Å²) in [7, 11) is 0. The summed E-state index contributed by atoms with van der Waals surface area (Å²) in [6.07, 6.45) is 1.15. The van der Waals surface area contributed by atoms with Crippen molar-refractivity contribution in [1.82, 2.24) is 5.32 Å².